The lowest BCUT2D eigenvalue weighted by molar-refractivity contribution is -0.136. The number of ketones is 4. The molecule has 0 bridgehead atoms. The number of nitrogens with one attached hydrogen (secondary N) is 12. The van der Waals surface area contributed by atoms with E-state index in [0.29, 0.717) is 25.7 Å². The number of guanidine groups is 2. The standard InChI is InChI=1S/C53H69N9O7.C49H69N9O7/c1-34(63)59-45(28-36-17-7-3-8-18-36)51(68)60-43-24-14-25-56-49(66)38(21-13-26-57-53(54)55)31-48(65)44(30-40-33-58-42-23-12-11-22-41(40)42)61-52(69)46(29-37-19-9-4-10-20-37)62-50(67)39(32-47(43)64)27-35-15-5-2-6-16-35;1-30(2)37-28-44(61)39(56-47(64)41(55-31(3)59)24-32-14-6-4-7-15-32)21-13-22-52-45(62)34(18-12-23-53-49(50)51)27-43(60)40(26-35-29-54-38-20-11-10-19-36(35)38)57-48(65)42(58-46(37)63)25-33-16-8-5-9-17-33/h2-3,5-8,11-12,15-18,22-23,33,37-39,43-46,58H,4,9-10,13-14,19-21,24-32H2,1H3,(H,56,66)(H,59,63)(H,60,68)(H,61,69)(H,62,67)(H4,54,55,57);4,6-7,10-11,14-15,19-20,29-30,33-34,37,39-42,54H,5,8-9,12-13,16-18,21-28H2,1-3H3,(H,52,62)(H,55,59)(H,56,64)(H,57,65)(H,58,63)(H4,50,51,53)/t38-,39-,43+,44+,45+,46-;34-,37+,39+,40+,41+,42-/m11/s1. The lowest BCUT2D eigenvalue weighted by Crippen LogP contribution is -2.55. The van der Waals surface area contributed by atoms with E-state index in [1.807, 2.05) is 166 Å². The normalized spacial score (nSPS) is 22.4. The summed E-state index contributed by atoms with van der Waals surface area (Å²) in [5.41, 5.74) is 28.1. The zero-order chi connectivity index (χ0) is 96.0. The number of Topliss-reactive ketones (excluding diaryl/α,β-unsaturated/α-hetero) is 4. The number of carbonyl (C=O) groups is 14. The number of H-pyrrole nitrogens is 2. The van der Waals surface area contributed by atoms with Crippen LogP contribution in [0.2, 0.25) is 0 Å². The molecule has 4 heterocycles. The summed E-state index contributed by atoms with van der Waals surface area (Å²) in [6.07, 6.45) is 16.0. The van der Waals surface area contributed by atoms with Crippen LogP contribution < -0.4 is 76.1 Å². The molecule has 2 saturated heterocycles. The summed E-state index contributed by atoms with van der Waals surface area (Å²) in [6.45, 7) is 6.98. The molecule has 0 spiro atoms. The van der Waals surface area contributed by atoms with Crippen LogP contribution in [0.5, 0.6) is 0 Å². The quantitative estimate of drug-likeness (QED) is 0.0120. The van der Waals surface area contributed by atoms with Gasteiger partial charge in [0.15, 0.2) is 35.1 Å². The minimum Gasteiger partial charge on any atom is -0.370 e. The molecule has 10 amide bonds. The highest BCUT2D eigenvalue weighted by Gasteiger charge is 2.40. The van der Waals surface area contributed by atoms with Gasteiger partial charge in [-0.2, -0.15) is 0 Å². The number of hydrogen-bond donors (Lipinski definition) is 16. The monoisotopic (exact) mass is 1840 g/mol. The second-order valence-electron chi connectivity index (χ2n) is 36.9. The van der Waals surface area contributed by atoms with Crippen LogP contribution in [0.4, 0.5) is 0 Å². The Labute approximate surface area is 784 Å². The van der Waals surface area contributed by atoms with Crippen molar-refractivity contribution in [3.8, 4) is 0 Å². The SMILES string of the molecule is CC(=O)N[C@@H](Cc1ccccc1)C(=O)N[C@H]1CCCNC(=O)[C@H](CCCN=C(N)N)CC(=O)[C@H](Cc2c[nH]c3ccccc23)NC(=O)[C@@H](CC2CCCCC2)NC(=O)[C@H](C(C)C)CC1=O.CC(=O)N[C@@H](Cc1ccccc1)C(=O)N[C@H]1CCCNC(=O)[C@H](CCCN=C(N)N)CC(=O)[C@H](Cc2c[nH]c3ccccc23)NC(=O)[C@@H](CC2CCCCC2)NC(=O)[C@H](Cc2ccccc2)CC1=O. The van der Waals surface area contributed by atoms with Crippen molar-refractivity contribution in [2.45, 2.75) is 262 Å². The summed E-state index contributed by atoms with van der Waals surface area (Å²) in [6, 6.07) is 34.7. The first kappa shape index (κ1) is 103. The Morgan fingerprint density at radius 1 is 0.396 bits per heavy atom. The van der Waals surface area contributed by atoms with Crippen molar-refractivity contribution in [3.63, 3.8) is 0 Å². The number of aliphatic imine (C=N–C) groups is 2. The molecular formula is C102H138N18O14. The number of rotatable bonds is 29. The molecule has 32 nitrogen and oxygen atoms in total. The Morgan fingerprint density at radius 2 is 0.769 bits per heavy atom. The van der Waals surface area contributed by atoms with Crippen molar-refractivity contribution in [1.29, 1.82) is 0 Å². The van der Waals surface area contributed by atoms with E-state index in [1.165, 1.54) is 13.8 Å². The first-order valence-corrected chi connectivity index (χ1v) is 47.9. The van der Waals surface area contributed by atoms with Crippen molar-refractivity contribution in [2.75, 3.05) is 26.2 Å². The summed E-state index contributed by atoms with van der Waals surface area (Å²) < 4.78 is 0. The highest BCUT2D eigenvalue weighted by molar-refractivity contribution is 6.00. The maximum Gasteiger partial charge on any atom is 0.243 e. The van der Waals surface area contributed by atoms with E-state index >= 15 is 0 Å². The van der Waals surface area contributed by atoms with Crippen LogP contribution in [0.3, 0.4) is 0 Å². The van der Waals surface area contributed by atoms with E-state index in [9.17, 15) is 67.1 Å². The molecule has 0 radical (unpaired) electrons. The van der Waals surface area contributed by atoms with Crippen molar-refractivity contribution in [1.82, 2.24) is 63.1 Å². The fourth-order valence-corrected chi connectivity index (χ4v) is 18.8. The highest BCUT2D eigenvalue weighted by Crippen LogP contribution is 2.32. The largest absolute Gasteiger partial charge is 0.370 e. The molecule has 12 atom stereocenters. The van der Waals surface area contributed by atoms with Gasteiger partial charge in [0.1, 0.15) is 24.2 Å². The van der Waals surface area contributed by atoms with Gasteiger partial charge in [-0.05, 0) is 128 Å². The van der Waals surface area contributed by atoms with Crippen LogP contribution in [-0.2, 0) is 99.2 Å². The molecule has 20 N–H and O–H groups in total. The van der Waals surface area contributed by atoms with Crippen molar-refractivity contribution in [2.24, 2.45) is 74.3 Å². The van der Waals surface area contributed by atoms with E-state index in [-0.39, 0.29) is 170 Å². The third-order valence-corrected chi connectivity index (χ3v) is 26.1. The lowest BCUT2D eigenvalue weighted by Gasteiger charge is -2.30. The molecule has 134 heavy (non-hydrogen) atoms. The van der Waals surface area contributed by atoms with E-state index in [0.717, 1.165) is 114 Å². The van der Waals surface area contributed by atoms with Gasteiger partial charge in [0, 0.05) is 149 Å². The predicted molar refractivity (Wildman–Crippen MR) is 515 cm³/mol. The van der Waals surface area contributed by atoms with Crippen LogP contribution >= 0.6 is 0 Å². The molecule has 32 heteroatoms. The molecule has 2 aromatic heterocycles. The lowest BCUT2D eigenvalue weighted by atomic mass is 9.83. The number of para-hydroxylation sites is 2. The zero-order valence-corrected chi connectivity index (χ0v) is 77.8. The molecule has 2 aliphatic carbocycles. The van der Waals surface area contributed by atoms with Crippen LogP contribution in [0, 0.1) is 41.4 Å². The molecule has 2 aliphatic heterocycles. The van der Waals surface area contributed by atoms with Crippen LogP contribution in [-0.4, -0.2) is 179 Å². The minimum atomic E-state index is -1.10. The molecular weight excluding hydrogens is 1700 g/mol. The maximum atomic E-state index is 14.8. The molecule has 7 aromatic rings. The third kappa shape index (κ3) is 33.4. The third-order valence-electron chi connectivity index (χ3n) is 26.1. The fourth-order valence-electron chi connectivity index (χ4n) is 18.8. The molecule has 11 rings (SSSR count). The van der Waals surface area contributed by atoms with Crippen molar-refractivity contribution >= 4 is 116 Å². The molecule has 2 saturated carbocycles. The first-order chi connectivity index (χ1) is 64.5. The van der Waals surface area contributed by atoms with Gasteiger partial charge < -0.3 is 86.1 Å². The number of nitrogens with two attached hydrogens (primary N) is 4. The molecule has 4 aliphatic rings. The summed E-state index contributed by atoms with van der Waals surface area (Å²) in [7, 11) is 0. The van der Waals surface area contributed by atoms with E-state index in [4.69, 9.17) is 22.9 Å². The number of hydrogen-bond acceptors (Lipinski definition) is 16. The van der Waals surface area contributed by atoms with E-state index in [2.05, 4.69) is 73.1 Å². The van der Waals surface area contributed by atoms with E-state index < -0.39 is 137 Å². The highest BCUT2D eigenvalue weighted by atomic mass is 16.2. The number of aromatic amines is 2. The Morgan fingerprint density at radius 3 is 1.17 bits per heavy atom. The van der Waals surface area contributed by atoms with Crippen LogP contribution in [0.25, 0.3) is 21.8 Å². The zero-order valence-electron chi connectivity index (χ0n) is 77.8. The average molecular weight is 1840 g/mol. The topological polar surface area (TPSA) is 520 Å². The van der Waals surface area contributed by atoms with Gasteiger partial charge in [0.2, 0.25) is 59.1 Å². The second-order valence-corrected chi connectivity index (χ2v) is 36.9. The van der Waals surface area contributed by atoms with Gasteiger partial charge in [0.25, 0.3) is 0 Å². The molecule has 0 unspecified atom stereocenters. The van der Waals surface area contributed by atoms with Crippen LogP contribution in [0.1, 0.15) is 210 Å². The Hall–Kier alpha value is -12.9. The number of nitrogens with zero attached hydrogens (tertiary/aromatic N) is 2. The summed E-state index contributed by atoms with van der Waals surface area (Å²) in [5.74, 6) is -9.93. The van der Waals surface area contributed by atoms with Gasteiger partial charge in [-0.3, -0.25) is 77.1 Å². The summed E-state index contributed by atoms with van der Waals surface area (Å²) in [4.78, 5) is 212. The fraction of sp³-hybridized carbons (Fsp3) is 0.510. The maximum absolute atomic E-state index is 14.8. The number of amides is 10. The predicted octanol–water partition coefficient (Wildman–Crippen LogP) is 7.89. The van der Waals surface area contributed by atoms with Gasteiger partial charge in [0.05, 0.1) is 24.2 Å². The number of aromatic nitrogens is 2. The van der Waals surface area contributed by atoms with E-state index in [1.54, 1.807) is 0 Å². The molecule has 5 aromatic carbocycles. The summed E-state index contributed by atoms with van der Waals surface area (Å²) in [5, 5.41) is 31.0. The second kappa shape index (κ2) is 53.1. The van der Waals surface area contributed by atoms with Gasteiger partial charge in [-0.25, -0.2) is 0 Å². The number of fused-ring (bicyclic) bond motifs is 2. The van der Waals surface area contributed by atoms with Crippen LogP contribution in [0.15, 0.2) is 162 Å². The van der Waals surface area contributed by atoms with Gasteiger partial charge in [-0.15, -0.1) is 0 Å². The van der Waals surface area contributed by atoms with Gasteiger partial charge >= 0.3 is 0 Å². The number of carbonyl (C=O) groups excluding carboxylic acids is 14. The Bertz CT molecular complexity index is 5150. The molecule has 720 valence electrons. The van der Waals surface area contributed by atoms with Gasteiger partial charge in [-0.1, -0.05) is 205 Å². The molecule has 4 fully saturated rings. The Kier molecular flexibility index (Phi) is 40.9. The Balaban J connectivity index is 0.000000278. The number of benzene rings is 5. The average Bonchev–Trinajstić information content (AvgIpc) is 1.65. The minimum absolute atomic E-state index is 0.0917. The smallest absolute Gasteiger partial charge is 0.243 e. The first-order valence-electron chi connectivity index (χ1n) is 47.9. The van der Waals surface area contributed by atoms with Crippen molar-refractivity contribution < 1.29 is 67.1 Å². The van der Waals surface area contributed by atoms with Crippen molar-refractivity contribution in [3.05, 3.63) is 180 Å². The summed E-state index contributed by atoms with van der Waals surface area (Å²) >= 11 is 0.